The zero-order valence-corrected chi connectivity index (χ0v) is 16.2. The summed E-state index contributed by atoms with van der Waals surface area (Å²) in [5, 5.41) is 6.75. The summed E-state index contributed by atoms with van der Waals surface area (Å²) in [6.45, 7) is 5.20. The highest BCUT2D eigenvalue weighted by atomic mass is 16.5. The Morgan fingerprint density at radius 2 is 1.69 bits per heavy atom. The maximum Gasteiger partial charge on any atom is 0.191 e. The van der Waals surface area contributed by atoms with Crippen molar-refractivity contribution in [1.29, 1.82) is 0 Å². The van der Waals surface area contributed by atoms with E-state index in [1.54, 1.807) is 7.11 Å². The maximum absolute atomic E-state index is 5.20. The molecular formula is C21H30N4O. The highest BCUT2D eigenvalue weighted by Crippen LogP contribution is 2.12. The average molecular weight is 354 g/mol. The van der Waals surface area contributed by atoms with Crippen molar-refractivity contribution in [3.05, 3.63) is 65.2 Å². The topological polar surface area (TPSA) is 48.9 Å². The van der Waals surface area contributed by atoms with E-state index >= 15 is 0 Å². The van der Waals surface area contributed by atoms with E-state index in [1.165, 1.54) is 11.1 Å². The number of hydrogen-bond acceptors (Lipinski definition) is 3. The summed E-state index contributed by atoms with van der Waals surface area (Å²) in [6.07, 6.45) is 0. The second-order valence-electron chi connectivity index (χ2n) is 6.40. The van der Waals surface area contributed by atoms with E-state index in [0.717, 1.165) is 36.9 Å². The van der Waals surface area contributed by atoms with Crippen molar-refractivity contribution in [2.75, 3.05) is 27.7 Å². The van der Waals surface area contributed by atoms with Gasteiger partial charge in [0.05, 0.1) is 13.7 Å². The van der Waals surface area contributed by atoms with Gasteiger partial charge < -0.3 is 20.3 Å². The summed E-state index contributed by atoms with van der Waals surface area (Å²) in [5.74, 6) is 1.68. The molecule has 2 N–H and O–H groups in total. The van der Waals surface area contributed by atoms with Crippen LogP contribution in [0.3, 0.4) is 0 Å². The van der Waals surface area contributed by atoms with Gasteiger partial charge in [0.2, 0.25) is 0 Å². The third-order valence-corrected chi connectivity index (χ3v) is 3.97. The lowest BCUT2D eigenvalue weighted by Crippen LogP contribution is -2.37. The molecule has 0 spiro atoms. The molecule has 5 nitrogen and oxygen atoms in total. The first-order valence-corrected chi connectivity index (χ1v) is 8.99. The molecule has 0 saturated heterocycles. The molecule has 0 fully saturated rings. The number of rotatable bonds is 8. The molecule has 0 atom stereocenters. The number of hydrogen-bond donors (Lipinski definition) is 2. The van der Waals surface area contributed by atoms with Gasteiger partial charge in [-0.1, -0.05) is 36.4 Å². The van der Waals surface area contributed by atoms with E-state index in [0.29, 0.717) is 6.54 Å². The van der Waals surface area contributed by atoms with E-state index in [1.807, 2.05) is 24.3 Å². The first kappa shape index (κ1) is 19.8. The molecule has 5 heteroatoms. The third-order valence-electron chi connectivity index (χ3n) is 3.97. The summed E-state index contributed by atoms with van der Waals surface area (Å²) >= 11 is 0. The van der Waals surface area contributed by atoms with Gasteiger partial charge in [-0.3, -0.25) is 0 Å². The van der Waals surface area contributed by atoms with Crippen molar-refractivity contribution >= 4 is 5.96 Å². The largest absolute Gasteiger partial charge is 0.497 e. The van der Waals surface area contributed by atoms with Crippen molar-refractivity contribution in [2.45, 2.75) is 26.6 Å². The summed E-state index contributed by atoms with van der Waals surface area (Å²) < 4.78 is 5.20. The predicted molar refractivity (Wildman–Crippen MR) is 108 cm³/mol. The van der Waals surface area contributed by atoms with Crippen molar-refractivity contribution in [2.24, 2.45) is 4.99 Å². The lowest BCUT2D eigenvalue weighted by atomic mass is 10.1. The van der Waals surface area contributed by atoms with Gasteiger partial charge in [0, 0.05) is 19.6 Å². The number of aliphatic imine (C=N–C) groups is 1. The highest BCUT2D eigenvalue weighted by Gasteiger charge is 2.04. The molecule has 0 saturated carbocycles. The third kappa shape index (κ3) is 6.41. The van der Waals surface area contributed by atoms with Crippen LogP contribution in [0.5, 0.6) is 5.75 Å². The van der Waals surface area contributed by atoms with Crippen LogP contribution < -0.4 is 15.4 Å². The predicted octanol–water partition coefficient (Wildman–Crippen LogP) is 3.01. The van der Waals surface area contributed by atoms with E-state index < -0.39 is 0 Å². The second kappa shape index (κ2) is 10.5. The second-order valence-corrected chi connectivity index (χ2v) is 6.40. The van der Waals surface area contributed by atoms with Gasteiger partial charge in [-0.25, -0.2) is 4.99 Å². The molecule has 0 unspecified atom stereocenters. The number of nitrogens with one attached hydrogen (secondary N) is 2. The minimum absolute atomic E-state index is 0.624. The Labute approximate surface area is 157 Å². The van der Waals surface area contributed by atoms with E-state index in [2.05, 4.69) is 65.8 Å². The molecule has 0 aliphatic carbocycles. The van der Waals surface area contributed by atoms with Crippen LogP contribution >= 0.6 is 0 Å². The van der Waals surface area contributed by atoms with Crippen LogP contribution in [0.1, 0.15) is 23.6 Å². The number of benzene rings is 2. The van der Waals surface area contributed by atoms with Gasteiger partial charge in [-0.15, -0.1) is 0 Å². The Morgan fingerprint density at radius 3 is 2.31 bits per heavy atom. The first-order valence-electron chi connectivity index (χ1n) is 8.99. The van der Waals surface area contributed by atoms with E-state index in [4.69, 9.17) is 4.74 Å². The fourth-order valence-electron chi connectivity index (χ4n) is 2.65. The molecule has 0 bridgehead atoms. The fraction of sp³-hybridized carbons (Fsp3) is 0.381. The summed E-state index contributed by atoms with van der Waals surface area (Å²) in [4.78, 5) is 6.87. The number of guanidine groups is 1. The number of methoxy groups -OCH3 is 1. The van der Waals surface area contributed by atoms with Crippen molar-refractivity contribution in [1.82, 2.24) is 15.5 Å². The molecule has 140 valence electrons. The normalized spacial score (nSPS) is 11.5. The van der Waals surface area contributed by atoms with Gasteiger partial charge in [0.1, 0.15) is 5.75 Å². The highest BCUT2D eigenvalue weighted by molar-refractivity contribution is 5.79. The van der Waals surface area contributed by atoms with Gasteiger partial charge in [-0.05, 0) is 49.8 Å². The number of nitrogens with zero attached hydrogens (tertiary/aromatic N) is 2. The van der Waals surface area contributed by atoms with Crippen LogP contribution in [-0.2, 0) is 19.6 Å². The quantitative estimate of drug-likeness (QED) is 0.565. The van der Waals surface area contributed by atoms with Crippen LogP contribution in [0.4, 0.5) is 0 Å². The molecule has 0 amide bonds. The summed E-state index contributed by atoms with van der Waals surface area (Å²) in [5.41, 5.74) is 3.77. The van der Waals surface area contributed by atoms with Crippen molar-refractivity contribution in [3.8, 4) is 5.75 Å². The van der Waals surface area contributed by atoms with E-state index in [9.17, 15) is 0 Å². The molecule has 0 radical (unpaired) electrons. The molecular weight excluding hydrogens is 324 g/mol. The van der Waals surface area contributed by atoms with Crippen LogP contribution in [0.2, 0.25) is 0 Å². The van der Waals surface area contributed by atoms with Gasteiger partial charge >= 0.3 is 0 Å². The van der Waals surface area contributed by atoms with Gasteiger partial charge in [0.15, 0.2) is 5.96 Å². The Bertz CT molecular complexity index is 695. The Hall–Kier alpha value is -2.53. The maximum atomic E-state index is 5.20. The van der Waals surface area contributed by atoms with Crippen LogP contribution in [0.15, 0.2) is 53.5 Å². The summed E-state index contributed by atoms with van der Waals surface area (Å²) in [7, 11) is 5.85. The van der Waals surface area contributed by atoms with Crippen molar-refractivity contribution < 1.29 is 4.74 Å². The fourth-order valence-corrected chi connectivity index (χ4v) is 2.65. The SMILES string of the molecule is CCNC(=NCc1ccc(OC)cc1)NCc1ccccc1CN(C)C. The minimum atomic E-state index is 0.624. The number of ether oxygens (including phenoxy) is 1. The molecule has 2 aromatic carbocycles. The lowest BCUT2D eigenvalue weighted by Gasteiger charge is -2.16. The average Bonchev–Trinajstić information content (AvgIpc) is 2.65. The summed E-state index contributed by atoms with van der Waals surface area (Å²) in [6, 6.07) is 16.5. The molecule has 2 aromatic rings. The first-order chi connectivity index (χ1) is 12.6. The van der Waals surface area contributed by atoms with Gasteiger partial charge in [-0.2, -0.15) is 0 Å². The monoisotopic (exact) mass is 354 g/mol. The van der Waals surface area contributed by atoms with Crippen molar-refractivity contribution in [3.63, 3.8) is 0 Å². The molecule has 2 rings (SSSR count). The molecule has 26 heavy (non-hydrogen) atoms. The smallest absolute Gasteiger partial charge is 0.191 e. The Kier molecular flexibility index (Phi) is 7.96. The zero-order chi connectivity index (χ0) is 18.8. The van der Waals surface area contributed by atoms with E-state index in [-0.39, 0.29) is 0 Å². The Morgan fingerprint density at radius 1 is 1.00 bits per heavy atom. The Balaban J connectivity index is 2.01. The molecule has 0 aliphatic heterocycles. The van der Waals surface area contributed by atoms with Crippen LogP contribution in [0, 0.1) is 0 Å². The van der Waals surface area contributed by atoms with Gasteiger partial charge in [0.25, 0.3) is 0 Å². The minimum Gasteiger partial charge on any atom is -0.497 e. The standard InChI is InChI=1S/C21H30N4O/c1-5-22-21(23-14-17-10-12-20(26-4)13-11-17)24-15-18-8-6-7-9-19(18)16-25(2)3/h6-13H,5,14-16H2,1-4H3,(H2,22,23,24). The zero-order valence-electron chi connectivity index (χ0n) is 16.2. The van der Waals surface area contributed by atoms with Crippen LogP contribution in [0.25, 0.3) is 0 Å². The molecule has 0 aliphatic rings. The molecule has 0 aromatic heterocycles. The van der Waals surface area contributed by atoms with Crippen LogP contribution in [-0.4, -0.2) is 38.6 Å². The molecule has 0 heterocycles. The lowest BCUT2D eigenvalue weighted by molar-refractivity contribution is 0.400.